The molecule has 3 aromatic rings. The van der Waals surface area contributed by atoms with E-state index in [0.29, 0.717) is 49.0 Å². The first-order chi connectivity index (χ1) is 17.3. The zero-order valence-electron chi connectivity index (χ0n) is 21.1. The van der Waals surface area contributed by atoms with Gasteiger partial charge < -0.3 is 19.1 Å². The van der Waals surface area contributed by atoms with Gasteiger partial charge in [0.05, 0.1) is 31.4 Å². The van der Waals surface area contributed by atoms with Crippen LogP contribution in [0.15, 0.2) is 60.7 Å². The van der Waals surface area contributed by atoms with Crippen molar-refractivity contribution >= 4 is 11.6 Å². The summed E-state index contributed by atoms with van der Waals surface area (Å²) < 4.78 is 18.2. The number of benzene rings is 3. The van der Waals surface area contributed by atoms with Crippen molar-refractivity contribution < 1.29 is 19.0 Å². The Balaban J connectivity index is 1.70. The van der Waals surface area contributed by atoms with Crippen molar-refractivity contribution in [3.8, 4) is 23.3 Å². The molecule has 1 atom stereocenters. The number of hydrogen-bond acceptors (Lipinski definition) is 5. The van der Waals surface area contributed by atoms with Gasteiger partial charge in [0.1, 0.15) is 16.8 Å². The van der Waals surface area contributed by atoms with Crippen molar-refractivity contribution in [1.29, 1.82) is 5.26 Å². The van der Waals surface area contributed by atoms with Crippen LogP contribution in [0.3, 0.4) is 0 Å². The summed E-state index contributed by atoms with van der Waals surface area (Å²) >= 11 is 0. The van der Waals surface area contributed by atoms with Crippen LogP contribution < -0.4 is 19.1 Å². The molecule has 0 bridgehead atoms. The Morgan fingerprint density at radius 1 is 0.972 bits per heavy atom. The molecule has 1 spiro atoms. The monoisotopic (exact) mass is 482 g/mol. The lowest BCUT2D eigenvalue weighted by Crippen LogP contribution is -2.50. The highest BCUT2D eigenvalue weighted by Crippen LogP contribution is 2.57. The first kappa shape index (κ1) is 23.7. The highest BCUT2D eigenvalue weighted by atomic mass is 16.5. The van der Waals surface area contributed by atoms with Crippen LogP contribution in [0.5, 0.6) is 17.2 Å². The predicted molar refractivity (Wildman–Crippen MR) is 138 cm³/mol. The van der Waals surface area contributed by atoms with E-state index in [1.54, 1.807) is 6.07 Å². The molecule has 2 aliphatic rings. The number of rotatable bonds is 6. The Bertz CT molecular complexity index is 1370. The van der Waals surface area contributed by atoms with Crippen molar-refractivity contribution in [2.75, 3.05) is 18.1 Å². The van der Waals surface area contributed by atoms with Gasteiger partial charge in [-0.2, -0.15) is 5.26 Å². The van der Waals surface area contributed by atoms with E-state index >= 15 is 0 Å². The van der Waals surface area contributed by atoms with Crippen molar-refractivity contribution in [1.82, 2.24) is 0 Å². The number of para-hydroxylation sites is 1. The first-order valence-corrected chi connectivity index (χ1v) is 12.4. The number of hydrogen-bond donors (Lipinski definition) is 0. The number of nitriles is 1. The third-order valence-corrected chi connectivity index (χ3v) is 6.84. The van der Waals surface area contributed by atoms with Gasteiger partial charge in [-0.15, -0.1) is 0 Å². The van der Waals surface area contributed by atoms with E-state index in [0.717, 1.165) is 22.4 Å². The molecule has 0 fully saturated rings. The molecule has 6 heteroatoms. The number of nitrogens with zero attached hydrogens (tertiary/aromatic N) is 2. The van der Waals surface area contributed by atoms with Gasteiger partial charge >= 0.3 is 0 Å². The van der Waals surface area contributed by atoms with Gasteiger partial charge in [0.15, 0.2) is 11.5 Å². The van der Waals surface area contributed by atoms with Crippen LogP contribution in [0, 0.1) is 11.3 Å². The minimum absolute atomic E-state index is 0.00436. The molecule has 0 aliphatic carbocycles. The molecule has 0 radical (unpaired) electrons. The Labute approximate surface area is 212 Å². The molecule has 2 aliphatic heterocycles. The number of carbonyl (C=O) groups excluding carboxylic acids is 1. The summed E-state index contributed by atoms with van der Waals surface area (Å²) in [5, 5.41) is 9.36. The molecule has 36 heavy (non-hydrogen) atoms. The molecule has 3 aromatic carbocycles. The summed E-state index contributed by atoms with van der Waals surface area (Å²) in [4.78, 5) is 16.4. The van der Waals surface area contributed by atoms with Crippen LogP contribution in [0.2, 0.25) is 0 Å². The Morgan fingerprint density at radius 2 is 1.69 bits per heavy atom. The second-order valence-electron chi connectivity index (χ2n) is 9.83. The van der Waals surface area contributed by atoms with E-state index in [-0.39, 0.29) is 5.91 Å². The summed E-state index contributed by atoms with van der Waals surface area (Å²) in [6.45, 7) is 9.23. The maximum atomic E-state index is 14.6. The highest BCUT2D eigenvalue weighted by molar-refractivity contribution is 6.11. The van der Waals surface area contributed by atoms with E-state index in [2.05, 4.69) is 6.07 Å². The summed E-state index contributed by atoms with van der Waals surface area (Å²) in [6, 6.07) is 21.4. The second kappa shape index (κ2) is 8.91. The third kappa shape index (κ3) is 3.76. The lowest BCUT2D eigenvalue weighted by atomic mass is 9.67. The van der Waals surface area contributed by atoms with E-state index in [1.807, 2.05) is 87.2 Å². The van der Waals surface area contributed by atoms with E-state index in [9.17, 15) is 10.1 Å². The maximum absolute atomic E-state index is 14.6. The molecule has 1 amide bonds. The van der Waals surface area contributed by atoms with Crippen molar-refractivity contribution in [3.05, 3.63) is 82.9 Å². The second-order valence-corrected chi connectivity index (χ2v) is 9.83. The first-order valence-electron chi connectivity index (χ1n) is 12.4. The fourth-order valence-electron chi connectivity index (χ4n) is 5.60. The molecule has 5 rings (SSSR count). The number of carbonyl (C=O) groups is 1. The molecule has 184 valence electrons. The normalized spacial score (nSPS) is 19.3. The molecule has 1 unspecified atom stereocenters. The average Bonchev–Trinajstić information content (AvgIpc) is 3.08. The van der Waals surface area contributed by atoms with Crippen molar-refractivity contribution in [2.24, 2.45) is 0 Å². The van der Waals surface area contributed by atoms with Gasteiger partial charge in [0.25, 0.3) is 0 Å². The molecule has 0 saturated carbocycles. The Hall–Kier alpha value is -3.98. The molecular weight excluding hydrogens is 452 g/mol. The highest BCUT2D eigenvalue weighted by Gasteiger charge is 2.58. The average molecular weight is 483 g/mol. The minimum Gasteiger partial charge on any atom is -0.490 e. The topological polar surface area (TPSA) is 71.8 Å². The molecular formula is C30H30N2O4. The lowest BCUT2D eigenvalue weighted by molar-refractivity contribution is -0.124. The number of fused-ring (bicyclic) bond motifs is 4. The van der Waals surface area contributed by atoms with Crippen LogP contribution >= 0.6 is 0 Å². The fraction of sp³-hybridized carbons (Fsp3) is 0.333. The standard InChI is InChI=1S/C30H30N2O4/c1-5-34-26-15-23-25(16-27(26)35-6-2)36-29(3,4)19-30(23)22-12-7-8-13-24(22)32(28(30)33)18-21-11-9-10-20(14-21)17-31/h7-16H,5-6,18-19H2,1-4H3. The van der Waals surface area contributed by atoms with Crippen LogP contribution in [-0.4, -0.2) is 24.7 Å². The van der Waals surface area contributed by atoms with Gasteiger partial charge in [-0.05, 0) is 63.1 Å². The van der Waals surface area contributed by atoms with Crippen LogP contribution in [-0.2, 0) is 16.8 Å². The van der Waals surface area contributed by atoms with Crippen molar-refractivity contribution in [3.63, 3.8) is 0 Å². The summed E-state index contributed by atoms with van der Waals surface area (Å²) in [5.74, 6) is 1.84. The summed E-state index contributed by atoms with van der Waals surface area (Å²) in [6.07, 6.45) is 0.483. The van der Waals surface area contributed by atoms with Gasteiger partial charge in [-0.25, -0.2) is 0 Å². The van der Waals surface area contributed by atoms with E-state index in [4.69, 9.17) is 14.2 Å². The Kier molecular flexibility index (Phi) is 5.88. The SMILES string of the molecule is CCOc1cc2c(cc1OCC)C1(CC(C)(C)O2)C(=O)N(Cc2cccc(C#N)c2)c2ccccc21. The van der Waals surface area contributed by atoms with Gasteiger partial charge in [-0.3, -0.25) is 4.79 Å². The van der Waals surface area contributed by atoms with Gasteiger partial charge in [-0.1, -0.05) is 30.3 Å². The summed E-state index contributed by atoms with van der Waals surface area (Å²) in [7, 11) is 0. The minimum atomic E-state index is -0.933. The van der Waals surface area contributed by atoms with Crippen molar-refractivity contribution in [2.45, 2.75) is 51.7 Å². The quantitative estimate of drug-likeness (QED) is 0.447. The van der Waals surface area contributed by atoms with Gasteiger partial charge in [0.2, 0.25) is 5.91 Å². The third-order valence-electron chi connectivity index (χ3n) is 6.84. The van der Waals surface area contributed by atoms with Crippen LogP contribution in [0.4, 0.5) is 5.69 Å². The fourth-order valence-corrected chi connectivity index (χ4v) is 5.60. The molecule has 2 heterocycles. The van der Waals surface area contributed by atoms with E-state index < -0.39 is 11.0 Å². The Morgan fingerprint density at radius 3 is 2.42 bits per heavy atom. The number of amides is 1. The molecule has 0 N–H and O–H groups in total. The number of anilines is 1. The largest absolute Gasteiger partial charge is 0.490 e. The van der Waals surface area contributed by atoms with Crippen LogP contribution in [0.25, 0.3) is 0 Å². The van der Waals surface area contributed by atoms with Gasteiger partial charge in [0, 0.05) is 23.7 Å². The van der Waals surface area contributed by atoms with Crippen LogP contribution in [0.1, 0.15) is 56.4 Å². The van der Waals surface area contributed by atoms with E-state index in [1.165, 1.54) is 0 Å². The number of ether oxygens (including phenoxy) is 3. The predicted octanol–water partition coefficient (Wildman–Crippen LogP) is 5.75. The lowest BCUT2D eigenvalue weighted by Gasteiger charge is -2.43. The molecule has 6 nitrogen and oxygen atoms in total. The maximum Gasteiger partial charge on any atom is 0.242 e. The molecule has 0 saturated heterocycles. The summed E-state index contributed by atoms with van der Waals surface area (Å²) in [5.41, 5.74) is 2.57. The zero-order valence-corrected chi connectivity index (χ0v) is 21.1. The zero-order chi connectivity index (χ0) is 25.5. The molecule has 0 aromatic heterocycles. The smallest absolute Gasteiger partial charge is 0.242 e.